The van der Waals surface area contributed by atoms with Crippen LogP contribution in [-0.2, 0) is 4.74 Å². The van der Waals surface area contributed by atoms with Crippen molar-refractivity contribution in [2.24, 2.45) is 5.92 Å². The standard InChI is InChI=1S/C15H32N2O2/c1-13(2)19-11-10-17(4)9-7-14-6-5-8-15(14,12-18)16-3/h13-14,16,18H,5-12H2,1-4H3. The summed E-state index contributed by atoms with van der Waals surface area (Å²) in [7, 11) is 4.13. The number of nitrogens with one attached hydrogen (secondary N) is 1. The minimum Gasteiger partial charge on any atom is -0.394 e. The van der Waals surface area contributed by atoms with Gasteiger partial charge in [0.25, 0.3) is 0 Å². The number of hydrogen-bond acceptors (Lipinski definition) is 4. The van der Waals surface area contributed by atoms with Gasteiger partial charge in [-0.15, -0.1) is 0 Å². The highest BCUT2D eigenvalue weighted by atomic mass is 16.5. The van der Waals surface area contributed by atoms with Crippen molar-refractivity contribution < 1.29 is 9.84 Å². The van der Waals surface area contributed by atoms with Crippen LogP contribution in [-0.4, -0.2) is 62.0 Å². The minimum absolute atomic E-state index is 0.0325. The van der Waals surface area contributed by atoms with Crippen LogP contribution >= 0.6 is 0 Å². The van der Waals surface area contributed by atoms with Crippen LogP contribution in [0.1, 0.15) is 39.5 Å². The predicted molar refractivity (Wildman–Crippen MR) is 79.4 cm³/mol. The van der Waals surface area contributed by atoms with Gasteiger partial charge in [-0.3, -0.25) is 0 Å². The normalized spacial score (nSPS) is 27.6. The molecule has 0 saturated heterocycles. The first-order valence-corrected chi connectivity index (χ1v) is 7.64. The molecule has 0 aromatic carbocycles. The van der Waals surface area contributed by atoms with Crippen LogP contribution in [0.15, 0.2) is 0 Å². The Hall–Kier alpha value is -0.160. The van der Waals surface area contributed by atoms with E-state index >= 15 is 0 Å². The number of aliphatic hydroxyl groups is 1. The summed E-state index contributed by atoms with van der Waals surface area (Å²) < 4.78 is 5.57. The molecule has 114 valence electrons. The maximum Gasteiger partial charge on any atom is 0.0615 e. The Balaban J connectivity index is 2.27. The molecule has 1 saturated carbocycles. The van der Waals surface area contributed by atoms with Gasteiger partial charge in [-0.05, 0) is 59.7 Å². The summed E-state index contributed by atoms with van der Waals surface area (Å²) in [6.07, 6.45) is 5.03. The minimum atomic E-state index is -0.0325. The second kappa shape index (κ2) is 8.20. The van der Waals surface area contributed by atoms with Crippen molar-refractivity contribution in [2.75, 3.05) is 40.4 Å². The molecule has 2 N–H and O–H groups in total. The molecule has 0 amide bonds. The predicted octanol–water partition coefficient (Wildman–Crippen LogP) is 1.48. The molecule has 0 aromatic rings. The van der Waals surface area contributed by atoms with Crippen LogP contribution in [0.3, 0.4) is 0 Å². The molecule has 2 atom stereocenters. The van der Waals surface area contributed by atoms with E-state index in [4.69, 9.17) is 4.74 Å². The molecule has 0 heterocycles. The van der Waals surface area contributed by atoms with Crippen molar-refractivity contribution in [3.63, 3.8) is 0 Å². The highest BCUT2D eigenvalue weighted by molar-refractivity contribution is 4.98. The van der Waals surface area contributed by atoms with Gasteiger partial charge in [-0.1, -0.05) is 6.42 Å². The average molecular weight is 272 g/mol. The molecule has 2 unspecified atom stereocenters. The zero-order chi connectivity index (χ0) is 14.3. The molecule has 0 aliphatic heterocycles. The molecule has 4 heteroatoms. The Morgan fingerprint density at radius 2 is 2.16 bits per heavy atom. The third-order valence-corrected chi connectivity index (χ3v) is 4.52. The van der Waals surface area contributed by atoms with Gasteiger partial charge in [0.2, 0.25) is 0 Å². The molecular weight excluding hydrogens is 240 g/mol. The molecule has 4 nitrogen and oxygen atoms in total. The number of rotatable bonds is 9. The number of likely N-dealkylation sites (N-methyl/N-ethyl adjacent to an activating group) is 2. The Bertz CT molecular complexity index is 242. The smallest absolute Gasteiger partial charge is 0.0615 e. The number of nitrogens with zero attached hydrogens (tertiary/aromatic N) is 1. The zero-order valence-electron chi connectivity index (χ0n) is 13.1. The molecule has 0 bridgehead atoms. The molecular formula is C15H32N2O2. The lowest BCUT2D eigenvalue weighted by Crippen LogP contribution is -2.50. The number of aliphatic hydroxyl groups excluding tert-OH is 1. The fraction of sp³-hybridized carbons (Fsp3) is 1.00. The fourth-order valence-corrected chi connectivity index (χ4v) is 3.11. The van der Waals surface area contributed by atoms with E-state index in [0.29, 0.717) is 12.0 Å². The number of hydrogen-bond donors (Lipinski definition) is 2. The Morgan fingerprint density at radius 1 is 1.42 bits per heavy atom. The molecule has 1 rings (SSSR count). The Labute approximate surface area is 118 Å². The molecule has 0 aromatic heterocycles. The molecule has 0 radical (unpaired) electrons. The Morgan fingerprint density at radius 3 is 2.74 bits per heavy atom. The van der Waals surface area contributed by atoms with E-state index in [-0.39, 0.29) is 12.1 Å². The summed E-state index contributed by atoms with van der Waals surface area (Å²) in [5.41, 5.74) is -0.0325. The van der Waals surface area contributed by atoms with Crippen LogP contribution in [0.4, 0.5) is 0 Å². The van der Waals surface area contributed by atoms with Crippen LogP contribution in [0.5, 0.6) is 0 Å². The third kappa shape index (κ3) is 5.03. The van der Waals surface area contributed by atoms with Gasteiger partial charge in [0.1, 0.15) is 0 Å². The lowest BCUT2D eigenvalue weighted by molar-refractivity contribution is 0.0607. The molecule has 1 aliphatic rings. The van der Waals surface area contributed by atoms with Crippen molar-refractivity contribution in [1.29, 1.82) is 0 Å². The van der Waals surface area contributed by atoms with Gasteiger partial charge >= 0.3 is 0 Å². The van der Waals surface area contributed by atoms with E-state index in [1.54, 1.807) is 0 Å². The highest BCUT2D eigenvalue weighted by Gasteiger charge is 2.40. The van der Waals surface area contributed by atoms with E-state index in [9.17, 15) is 5.11 Å². The second-order valence-electron chi connectivity index (χ2n) is 6.16. The SMILES string of the molecule is CNC1(CO)CCCC1CCN(C)CCOC(C)C. The summed E-state index contributed by atoms with van der Waals surface area (Å²) in [6, 6.07) is 0. The van der Waals surface area contributed by atoms with E-state index in [0.717, 1.165) is 32.5 Å². The topological polar surface area (TPSA) is 44.7 Å². The van der Waals surface area contributed by atoms with Crippen LogP contribution in [0, 0.1) is 5.92 Å². The third-order valence-electron chi connectivity index (χ3n) is 4.52. The van der Waals surface area contributed by atoms with Gasteiger partial charge < -0.3 is 20.1 Å². The van der Waals surface area contributed by atoms with Crippen molar-refractivity contribution in [1.82, 2.24) is 10.2 Å². The van der Waals surface area contributed by atoms with Gasteiger partial charge in [0.15, 0.2) is 0 Å². The summed E-state index contributed by atoms with van der Waals surface area (Å²) in [5.74, 6) is 0.593. The van der Waals surface area contributed by atoms with Crippen LogP contribution < -0.4 is 5.32 Å². The first-order valence-electron chi connectivity index (χ1n) is 7.64. The van der Waals surface area contributed by atoms with Gasteiger partial charge in [-0.2, -0.15) is 0 Å². The monoisotopic (exact) mass is 272 g/mol. The van der Waals surface area contributed by atoms with E-state index < -0.39 is 0 Å². The maximum absolute atomic E-state index is 9.66. The first-order chi connectivity index (χ1) is 9.04. The molecule has 1 aliphatic carbocycles. The van der Waals surface area contributed by atoms with Crippen LogP contribution in [0.2, 0.25) is 0 Å². The van der Waals surface area contributed by atoms with E-state index in [1.165, 1.54) is 12.8 Å². The Kier molecular flexibility index (Phi) is 7.29. The summed E-state index contributed by atoms with van der Waals surface area (Å²) >= 11 is 0. The fourth-order valence-electron chi connectivity index (χ4n) is 3.11. The summed E-state index contributed by atoms with van der Waals surface area (Å²) in [4.78, 5) is 2.33. The van der Waals surface area contributed by atoms with Crippen molar-refractivity contribution in [2.45, 2.75) is 51.2 Å². The van der Waals surface area contributed by atoms with E-state index in [1.807, 2.05) is 7.05 Å². The largest absolute Gasteiger partial charge is 0.394 e. The lowest BCUT2D eigenvalue weighted by atomic mass is 9.85. The van der Waals surface area contributed by atoms with Crippen LogP contribution in [0.25, 0.3) is 0 Å². The molecule has 0 spiro atoms. The molecule has 1 fully saturated rings. The summed E-state index contributed by atoms with van der Waals surface area (Å²) in [6.45, 7) is 7.26. The highest BCUT2D eigenvalue weighted by Crippen LogP contribution is 2.37. The zero-order valence-corrected chi connectivity index (χ0v) is 13.1. The van der Waals surface area contributed by atoms with Gasteiger partial charge in [-0.25, -0.2) is 0 Å². The van der Waals surface area contributed by atoms with Crippen molar-refractivity contribution >= 4 is 0 Å². The van der Waals surface area contributed by atoms with Crippen molar-refractivity contribution in [3.8, 4) is 0 Å². The second-order valence-corrected chi connectivity index (χ2v) is 6.16. The average Bonchev–Trinajstić information content (AvgIpc) is 2.79. The summed E-state index contributed by atoms with van der Waals surface area (Å²) in [5, 5.41) is 13.0. The lowest BCUT2D eigenvalue weighted by Gasteiger charge is -2.34. The van der Waals surface area contributed by atoms with Gasteiger partial charge in [0.05, 0.1) is 19.3 Å². The molecule has 19 heavy (non-hydrogen) atoms. The number of ether oxygens (including phenoxy) is 1. The van der Waals surface area contributed by atoms with E-state index in [2.05, 4.69) is 31.1 Å². The maximum atomic E-state index is 9.66. The quantitative estimate of drug-likeness (QED) is 0.667. The van der Waals surface area contributed by atoms with Crippen molar-refractivity contribution in [3.05, 3.63) is 0 Å². The van der Waals surface area contributed by atoms with Gasteiger partial charge in [0, 0.05) is 12.1 Å². The first kappa shape index (κ1) is 16.9.